The van der Waals surface area contributed by atoms with E-state index in [1.807, 2.05) is 24.3 Å². The SMILES string of the molecule is CCCCCC1COC(CCc2ccc3c(F)c(CCc4ccc(OC(F)(F)F)cc4)ccc3c2)OC1. The van der Waals surface area contributed by atoms with E-state index in [0.717, 1.165) is 49.0 Å². The van der Waals surface area contributed by atoms with E-state index in [4.69, 9.17) is 9.47 Å². The topological polar surface area (TPSA) is 27.7 Å². The Morgan fingerprint density at radius 1 is 0.838 bits per heavy atom. The minimum Gasteiger partial charge on any atom is -0.406 e. The summed E-state index contributed by atoms with van der Waals surface area (Å²) in [6.45, 7) is 3.72. The predicted molar refractivity (Wildman–Crippen MR) is 136 cm³/mol. The lowest BCUT2D eigenvalue weighted by atomic mass is 9.98. The summed E-state index contributed by atoms with van der Waals surface area (Å²) in [7, 11) is 0. The molecule has 7 heteroatoms. The molecular formula is C30H34F4O3. The van der Waals surface area contributed by atoms with Gasteiger partial charge in [0.15, 0.2) is 6.29 Å². The second-order valence-corrected chi connectivity index (χ2v) is 9.78. The Bertz CT molecular complexity index is 1140. The van der Waals surface area contributed by atoms with Crippen LogP contribution in [-0.2, 0) is 28.7 Å². The predicted octanol–water partition coefficient (Wildman–Crippen LogP) is 8.16. The molecule has 0 spiro atoms. The molecule has 0 N–H and O–H groups in total. The highest BCUT2D eigenvalue weighted by Crippen LogP contribution is 2.27. The standard InChI is InChI=1S/C30H34F4O3/c1-2-3-4-5-23-19-35-28(36-20-23)17-10-22-9-16-27-25(18-22)13-12-24(29(27)31)11-6-21-7-14-26(15-8-21)37-30(32,33)34/h7-9,12-16,18,23,28H,2-6,10-11,17,19-20H2,1H3. The largest absolute Gasteiger partial charge is 0.573 e. The number of alkyl halides is 3. The van der Waals surface area contributed by atoms with E-state index in [1.54, 1.807) is 18.2 Å². The molecule has 0 atom stereocenters. The number of ether oxygens (including phenoxy) is 3. The van der Waals surface area contributed by atoms with E-state index in [0.29, 0.717) is 29.7 Å². The van der Waals surface area contributed by atoms with Gasteiger partial charge in [-0.25, -0.2) is 4.39 Å². The molecule has 3 aromatic carbocycles. The number of fused-ring (bicyclic) bond motifs is 1. The Hall–Kier alpha value is -2.64. The quantitative estimate of drug-likeness (QED) is 0.189. The molecule has 4 rings (SSSR count). The van der Waals surface area contributed by atoms with Crippen LogP contribution in [0.25, 0.3) is 10.8 Å². The fourth-order valence-corrected chi connectivity index (χ4v) is 4.76. The van der Waals surface area contributed by atoms with Crippen LogP contribution >= 0.6 is 0 Å². The summed E-state index contributed by atoms with van der Waals surface area (Å²) in [6, 6.07) is 15.2. The van der Waals surface area contributed by atoms with Crippen LogP contribution in [0.5, 0.6) is 5.75 Å². The lowest BCUT2D eigenvalue weighted by molar-refractivity contribution is -0.274. The van der Waals surface area contributed by atoms with Gasteiger partial charge in [-0.05, 0) is 59.9 Å². The van der Waals surface area contributed by atoms with Crippen molar-refractivity contribution in [2.75, 3.05) is 13.2 Å². The fourth-order valence-electron chi connectivity index (χ4n) is 4.76. The highest BCUT2D eigenvalue weighted by molar-refractivity contribution is 5.84. The Kier molecular flexibility index (Phi) is 9.43. The summed E-state index contributed by atoms with van der Waals surface area (Å²) in [5.41, 5.74) is 2.50. The highest BCUT2D eigenvalue weighted by atomic mass is 19.4. The molecule has 0 unspecified atom stereocenters. The molecule has 0 aliphatic carbocycles. The first kappa shape index (κ1) is 27.4. The Morgan fingerprint density at radius 3 is 2.27 bits per heavy atom. The average molecular weight is 519 g/mol. The highest BCUT2D eigenvalue weighted by Gasteiger charge is 2.31. The Balaban J connectivity index is 1.29. The van der Waals surface area contributed by atoms with Gasteiger partial charge in [-0.15, -0.1) is 13.2 Å². The lowest BCUT2D eigenvalue weighted by Crippen LogP contribution is -2.32. The van der Waals surface area contributed by atoms with Crippen molar-refractivity contribution in [1.29, 1.82) is 0 Å². The van der Waals surface area contributed by atoms with Crippen LogP contribution in [0, 0.1) is 11.7 Å². The van der Waals surface area contributed by atoms with Gasteiger partial charge in [0, 0.05) is 17.7 Å². The molecule has 37 heavy (non-hydrogen) atoms. The molecule has 0 radical (unpaired) electrons. The van der Waals surface area contributed by atoms with Crippen molar-refractivity contribution in [2.45, 2.75) is 70.9 Å². The van der Waals surface area contributed by atoms with Crippen molar-refractivity contribution < 1.29 is 31.8 Å². The smallest absolute Gasteiger partial charge is 0.406 e. The first-order valence-electron chi connectivity index (χ1n) is 13.1. The Labute approximate surface area is 215 Å². The average Bonchev–Trinajstić information content (AvgIpc) is 2.88. The van der Waals surface area contributed by atoms with Crippen molar-refractivity contribution in [3.05, 3.63) is 77.1 Å². The van der Waals surface area contributed by atoms with Crippen LogP contribution in [0.1, 0.15) is 55.7 Å². The monoisotopic (exact) mass is 518 g/mol. The molecule has 1 saturated heterocycles. The zero-order chi connectivity index (χ0) is 26.3. The van der Waals surface area contributed by atoms with Crippen LogP contribution in [-0.4, -0.2) is 25.9 Å². The summed E-state index contributed by atoms with van der Waals surface area (Å²) in [4.78, 5) is 0. The summed E-state index contributed by atoms with van der Waals surface area (Å²) < 4.78 is 67.9. The molecule has 1 aliphatic rings. The first-order chi connectivity index (χ1) is 17.8. The third-order valence-electron chi connectivity index (χ3n) is 6.86. The molecule has 1 fully saturated rings. The van der Waals surface area contributed by atoms with Crippen molar-refractivity contribution in [1.82, 2.24) is 0 Å². The minimum absolute atomic E-state index is 0.189. The molecule has 0 amide bonds. The molecule has 200 valence electrons. The van der Waals surface area contributed by atoms with Crippen LogP contribution in [0.2, 0.25) is 0 Å². The van der Waals surface area contributed by atoms with E-state index in [1.165, 1.54) is 31.4 Å². The van der Waals surface area contributed by atoms with Crippen molar-refractivity contribution in [3.63, 3.8) is 0 Å². The van der Waals surface area contributed by atoms with Gasteiger partial charge in [-0.3, -0.25) is 0 Å². The second-order valence-electron chi connectivity index (χ2n) is 9.78. The zero-order valence-corrected chi connectivity index (χ0v) is 21.2. The summed E-state index contributed by atoms with van der Waals surface area (Å²) in [6.07, 6.45) is 2.45. The van der Waals surface area contributed by atoms with E-state index in [2.05, 4.69) is 11.7 Å². The molecule has 1 aliphatic heterocycles. The maximum Gasteiger partial charge on any atom is 0.573 e. The number of unbranched alkanes of at least 4 members (excludes halogenated alkanes) is 2. The van der Waals surface area contributed by atoms with Gasteiger partial charge in [0.1, 0.15) is 11.6 Å². The molecular weight excluding hydrogens is 484 g/mol. The van der Waals surface area contributed by atoms with E-state index >= 15 is 4.39 Å². The van der Waals surface area contributed by atoms with Crippen molar-refractivity contribution in [3.8, 4) is 5.75 Å². The van der Waals surface area contributed by atoms with Crippen LogP contribution in [0.15, 0.2) is 54.6 Å². The van der Waals surface area contributed by atoms with Crippen LogP contribution in [0.3, 0.4) is 0 Å². The molecule has 0 saturated carbocycles. The number of hydrogen-bond acceptors (Lipinski definition) is 3. The molecule has 3 nitrogen and oxygen atoms in total. The van der Waals surface area contributed by atoms with Gasteiger partial charge < -0.3 is 14.2 Å². The fraction of sp³-hybridized carbons (Fsp3) is 0.467. The number of benzene rings is 3. The summed E-state index contributed by atoms with van der Waals surface area (Å²) in [5, 5.41) is 1.41. The van der Waals surface area contributed by atoms with Gasteiger partial charge >= 0.3 is 6.36 Å². The van der Waals surface area contributed by atoms with Gasteiger partial charge in [0.05, 0.1) is 13.2 Å². The first-order valence-corrected chi connectivity index (χ1v) is 13.1. The third-order valence-corrected chi connectivity index (χ3v) is 6.86. The number of rotatable bonds is 11. The third kappa shape index (κ3) is 8.17. The molecule has 0 bridgehead atoms. The Morgan fingerprint density at radius 2 is 1.57 bits per heavy atom. The summed E-state index contributed by atoms with van der Waals surface area (Å²) in [5.74, 6) is -0.0327. The van der Waals surface area contributed by atoms with E-state index in [9.17, 15) is 13.2 Å². The van der Waals surface area contributed by atoms with Gasteiger partial charge in [0.2, 0.25) is 0 Å². The molecule has 0 aromatic heterocycles. The van der Waals surface area contributed by atoms with E-state index < -0.39 is 6.36 Å². The van der Waals surface area contributed by atoms with Crippen LogP contribution < -0.4 is 4.74 Å². The maximum atomic E-state index is 15.2. The molecule has 1 heterocycles. The normalized spacial score (nSPS) is 18.3. The number of aryl methyl sites for hydroxylation is 3. The van der Waals surface area contributed by atoms with Crippen molar-refractivity contribution in [2.24, 2.45) is 5.92 Å². The number of halogens is 4. The van der Waals surface area contributed by atoms with Crippen molar-refractivity contribution >= 4 is 10.8 Å². The number of hydrogen-bond donors (Lipinski definition) is 0. The second kappa shape index (κ2) is 12.7. The van der Waals surface area contributed by atoms with Gasteiger partial charge in [0.25, 0.3) is 0 Å². The molecule has 3 aromatic rings. The zero-order valence-electron chi connectivity index (χ0n) is 21.2. The van der Waals surface area contributed by atoms with E-state index in [-0.39, 0.29) is 17.9 Å². The maximum absolute atomic E-state index is 15.2. The van der Waals surface area contributed by atoms with Crippen LogP contribution in [0.4, 0.5) is 17.6 Å². The van der Waals surface area contributed by atoms with Gasteiger partial charge in [-0.2, -0.15) is 0 Å². The lowest BCUT2D eigenvalue weighted by Gasteiger charge is -2.29. The minimum atomic E-state index is -4.72. The summed E-state index contributed by atoms with van der Waals surface area (Å²) >= 11 is 0. The van der Waals surface area contributed by atoms with Gasteiger partial charge in [-0.1, -0.05) is 68.7 Å².